The molecule has 0 radical (unpaired) electrons. The monoisotopic (exact) mass is 204 g/mol. The summed E-state index contributed by atoms with van der Waals surface area (Å²) in [5.41, 5.74) is 4.36. The number of hydrogen-bond donors (Lipinski definition) is 1. The van der Waals surface area contributed by atoms with Crippen molar-refractivity contribution in [1.29, 1.82) is 0 Å². The van der Waals surface area contributed by atoms with Crippen LogP contribution in [0.4, 0.5) is 0 Å². The predicted molar refractivity (Wildman–Crippen MR) is 63.2 cm³/mol. The Kier molecular flexibility index (Phi) is 3.42. The number of fused-ring (bicyclic) bond motifs is 1. The van der Waals surface area contributed by atoms with Crippen molar-refractivity contribution in [3.8, 4) is 0 Å². The van der Waals surface area contributed by atoms with E-state index in [4.69, 9.17) is 0 Å². The molecule has 1 aromatic rings. The van der Waals surface area contributed by atoms with Crippen LogP contribution in [0.15, 0.2) is 18.2 Å². The van der Waals surface area contributed by atoms with Crippen molar-refractivity contribution >= 4 is 0 Å². The first-order valence-corrected chi connectivity index (χ1v) is 6.07. The Morgan fingerprint density at radius 2 is 1.93 bits per heavy atom. The van der Waals surface area contributed by atoms with Crippen LogP contribution in [-0.4, -0.2) is 11.7 Å². The van der Waals surface area contributed by atoms with Gasteiger partial charge in [-0.15, -0.1) is 0 Å². The van der Waals surface area contributed by atoms with Gasteiger partial charge in [0.25, 0.3) is 0 Å². The lowest BCUT2D eigenvalue weighted by molar-refractivity contribution is 0.262. The third-order valence-electron chi connectivity index (χ3n) is 3.56. The Morgan fingerprint density at radius 3 is 2.60 bits per heavy atom. The second-order valence-corrected chi connectivity index (χ2v) is 4.52. The van der Waals surface area contributed by atoms with E-state index in [1.165, 1.54) is 42.4 Å². The molecule has 1 aliphatic carbocycles. The SMILES string of the molecule is CC[C@H](CO)c1ccc2c(c1)CCCC2. The van der Waals surface area contributed by atoms with E-state index in [9.17, 15) is 5.11 Å². The van der Waals surface area contributed by atoms with E-state index in [1.807, 2.05) is 0 Å². The number of aryl methyl sites for hydroxylation is 2. The number of hydrogen-bond acceptors (Lipinski definition) is 1. The van der Waals surface area contributed by atoms with Crippen molar-refractivity contribution in [3.05, 3.63) is 34.9 Å². The fourth-order valence-corrected chi connectivity index (χ4v) is 2.48. The zero-order chi connectivity index (χ0) is 10.7. The van der Waals surface area contributed by atoms with Crippen LogP contribution < -0.4 is 0 Å². The summed E-state index contributed by atoms with van der Waals surface area (Å²) in [6.07, 6.45) is 6.15. The molecule has 0 unspecified atom stereocenters. The van der Waals surface area contributed by atoms with Gasteiger partial charge >= 0.3 is 0 Å². The topological polar surface area (TPSA) is 20.2 Å². The highest BCUT2D eigenvalue weighted by atomic mass is 16.3. The van der Waals surface area contributed by atoms with Crippen LogP contribution in [0.5, 0.6) is 0 Å². The maximum Gasteiger partial charge on any atom is 0.0499 e. The molecule has 82 valence electrons. The van der Waals surface area contributed by atoms with E-state index >= 15 is 0 Å². The minimum Gasteiger partial charge on any atom is -0.396 e. The molecule has 1 heteroatoms. The third kappa shape index (κ3) is 2.23. The van der Waals surface area contributed by atoms with Gasteiger partial charge in [0, 0.05) is 12.5 Å². The Hall–Kier alpha value is -0.820. The summed E-state index contributed by atoms with van der Waals surface area (Å²) in [5, 5.41) is 9.28. The Bertz CT molecular complexity index is 326. The molecule has 1 aromatic carbocycles. The van der Waals surface area contributed by atoms with Crippen molar-refractivity contribution in [1.82, 2.24) is 0 Å². The molecule has 15 heavy (non-hydrogen) atoms. The fourth-order valence-electron chi connectivity index (χ4n) is 2.48. The van der Waals surface area contributed by atoms with Crippen LogP contribution >= 0.6 is 0 Å². The van der Waals surface area contributed by atoms with Gasteiger partial charge in [-0.05, 0) is 48.8 Å². The van der Waals surface area contributed by atoms with Gasteiger partial charge in [0.15, 0.2) is 0 Å². The Morgan fingerprint density at radius 1 is 1.20 bits per heavy atom. The van der Waals surface area contributed by atoms with Gasteiger partial charge in [0.1, 0.15) is 0 Å². The Labute approximate surface area is 92.1 Å². The summed E-state index contributed by atoms with van der Waals surface area (Å²) < 4.78 is 0. The average molecular weight is 204 g/mol. The summed E-state index contributed by atoms with van der Waals surface area (Å²) in [6, 6.07) is 6.79. The second kappa shape index (κ2) is 4.80. The molecule has 1 aliphatic rings. The number of aliphatic hydroxyl groups is 1. The molecule has 1 atom stereocenters. The molecule has 1 N–H and O–H groups in total. The highest BCUT2D eigenvalue weighted by molar-refractivity contribution is 5.35. The van der Waals surface area contributed by atoms with Gasteiger partial charge in [-0.2, -0.15) is 0 Å². The molecule has 0 heterocycles. The standard InChI is InChI=1S/C14H20O/c1-2-11(10-15)14-8-7-12-5-3-4-6-13(12)9-14/h7-9,11,15H,2-6,10H2,1H3/t11-/m1/s1. The molecule has 0 aliphatic heterocycles. The summed E-state index contributed by atoms with van der Waals surface area (Å²) >= 11 is 0. The van der Waals surface area contributed by atoms with Gasteiger partial charge < -0.3 is 5.11 Å². The molecule has 0 amide bonds. The van der Waals surface area contributed by atoms with Crippen molar-refractivity contribution < 1.29 is 5.11 Å². The zero-order valence-corrected chi connectivity index (χ0v) is 9.50. The molecule has 0 aromatic heterocycles. The summed E-state index contributed by atoms with van der Waals surface area (Å²) in [7, 11) is 0. The molecular formula is C14H20O. The molecule has 0 saturated carbocycles. The highest BCUT2D eigenvalue weighted by Gasteiger charge is 2.13. The minimum atomic E-state index is 0.273. The quantitative estimate of drug-likeness (QED) is 0.802. The summed E-state index contributed by atoms with van der Waals surface area (Å²) in [6.45, 7) is 2.41. The maximum absolute atomic E-state index is 9.28. The lowest BCUT2D eigenvalue weighted by Gasteiger charge is -2.19. The number of benzene rings is 1. The molecule has 0 fully saturated rings. The first-order valence-electron chi connectivity index (χ1n) is 6.07. The van der Waals surface area contributed by atoms with E-state index in [0.717, 1.165) is 6.42 Å². The fraction of sp³-hybridized carbons (Fsp3) is 0.571. The van der Waals surface area contributed by atoms with Crippen LogP contribution in [0.1, 0.15) is 48.8 Å². The number of rotatable bonds is 3. The van der Waals surface area contributed by atoms with Crippen molar-refractivity contribution in [2.75, 3.05) is 6.61 Å². The van der Waals surface area contributed by atoms with Crippen molar-refractivity contribution in [2.24, 2.45) is 0 Å². The first-order chi connectivity index (χ1) is 7.35. The van der Waals surface area contributed by atoms with Crippen LogP contribution in [0.2, 0.25) is 0 Å². The molecule has 0 saturated heterocycles. The van der Waals surface area contributed by atoms with Crippen LogP contribution in [0.3, 0.4) is 0 Å². The molecule has 1 nitrogen and oxygen atoms in total. The van der Waals surface area contributed by atoms with E-state index in [1.54, 1.807) is 0 Å². The Balaban J connectivity index is 2.27. The van der Waals surface area contributed by atoms with Gasteiger partial charge in [-0.1, -0.05) is 25.1 Å². The van der Waals surface area contributed by atoms with Crippen molar-refractivity contribution in [2.45, 2.75) is 44.9 Å². The van der Waals surface area contributed by atoms with Gasteiger partial charge in [0.2, 0.25) is 0 Å². The summed E-state index contributed by atoms with van der Waals surface area (Å²) in [4.78, 5) is 0. The van der Waals surface area contributed by atoms with Gasteiger partial charge in [-0.3, -0.25) is 0 Å². The lowest BCUT2D eigenvalue weighted by Crippen LogP contribution is -2.07. The zero-order valence-electron chi connectivity index (χ0n) is 9.50. The molecular weight excluding hydrogens is 184 g/mol. The van der Waals surface area contributed by atoms with E-state index < -0.39 is 0 Å². The highest BCUT2D eigenvalue weighted by Crippen LogP contribution is 2.26. The maximum atomic E-state index is 9.28. The molecule has 0 bridgehead atoms. The lowest BCUT2D eigenvalue weighted by atomic mass is 9.87. The van der Waals surface area contributed by atoms with E-state index in [-0.39, 0.29) is 6.61 Å². The van der Waals surface area contributed by atoms with Crippen LogP contribution in [0.25, 0.3) is 0 Å². The van der Waals surface area contributed by atoms with Crippen LogP contribution in [0, 0.1) is 0 Å². The molecule has 0 spiro atoms. The molecule has 2 rings (SSSR count). The number of aliphatic hydroxyl groups excluding tert-OH is 1. The van der Waals surface area contributed by atoms with E-state index in [0.29, 0.717) is 5.92 Å². The normalized spacial score (nSPS) is 17.2. The second-order valence-electron chi connectivity index (χ2n) is 4.52. The summed E-state index contributed by atoms with van der Waals surface area (Å²) in [5.74, 6) is 0.331. The van der Waals surface area contributed by atoms with Crippen molar-refractivity contribution in [3.63, 3.8) is 0 Å². The predicted octanol–water partition coefficient (Wildman–Crippen LogP) is 3.05. The average Bonchev–Trinajstić information content (AvgIpc) is 2.30. The van der Waals surface area contributed by atoms with Gasteiger partial charge in [0.05, 0.1) is 0 Å². The first kappa shape index (κ1) is 10.7. The van der Waals surface area contributed by atoms with Crippen LogP contribution in [-0.2, 0) is 12.8 Å². The smallest absolute Gasteiger partial charge is 0.0499 e. The third-order valence-corrected chi connectivity index (χ3v) is 3.56. The van der Waals surface area contributed by atoms with Gasteiger partial charge in [-0.25, -0.2) is 0 Å². The largest absolute Gasteiger partial charge is 0.396 e. The van der Waals surface area contributed by atoms with E-state index in [2.05, 4.69) is 25.1 Å². The minimum absolute atomic E-state index is 0.273.